The highest BCUT2D eigenvalue weighted by Crippen LogP contribution is 2.35. The van der Waals surface area contributed by atoms with Crippen molar-refractivity contribution in [1.82, 2.24) is 14.6 Å². The predicted octanol–water partition coefficient (Wildman–Crippen LogP) is 3.91. The van der Waals surface area contributed by atoms with Crippen molar-refractivity contribution >= 4 is 44.8 Å². The molecule has 1 aliphatic rings. The number of halogens is 1. The van der Waals surface area contributed by atoms with Crippen molar-refractivity contribution in [2.45, 2.75) is 26.2 Å². The second-order valence-electron chi connectivity index (χ2n) is 6.81. The van der Waals surface area contributed by atoms with Gasteiger partial charge in [0.1, 0.15) is 16.1 Å². The first kappa shape index (κ1) is 20.1. The van der Waals surface area contributed by atoms with Crippen LogP contribution >= 0.6 is 15.9 Å². The van der Waals surface area contributed by atoms with Crippen molar-refractivity contribution < 1.29 is 9.90 Å². The quantitative estimate of drug-likeness (QED) is 0.654. The van der Waals surface area contributed by atoms with Gasteiger partial charge in [0.2, 0.25) is 0 Å². The number of aromatic nitrogens is 3. The Labute approximate surface area is 172 Å². The molecule has 2 aromatic heterocycles. The van der Waals surface area contributed by atoms with Gasteiger partial charge in [0, 0.05) is 25.1 Å². The monoisotopic (exact) mass is 445 g/mol. The minimum Gasteiger partial charge on any atom is -0.481 e. The summed E-state index contributed by atoms with van der Waals surface area (Å²) in [6, 6.07) is 0. The maximum atomic E-state index is 11.0. The maximum absolute atomic E-state index is 11.0. The van der Waals surface area contributed by atoms with Crippen molar-refractivity contribution in [3.05, 3.63) is 47.1 Å². The van der Waals surface area contributed by atoms with E-state index < -0.39 is 5.97 Å². The van der Waals surface area contributed by atoms with E-state index in [0.717, 1.165) is 42.9 Å². The van der Waals surface area contributed by atoms with Crippen molar-refractivity contribution in [2.75, 3.05) is 23.7 Å². The predicted molar refractivity (Wildman–Crippen MR) is 115 cm³/mol. The molecule has 7 nitrogen and oxygen atoms in total. The van der Waals surface area contributed by atoms with Gasteiger partial charge in [0.15, 0.2) is 5.65 Å². The molecule has 2 aromatic rings. The number of anilines is 2. The van der Waals surface area contributed by atoms with Gasteiger partial charge in [-0.2, -0.15) is 9.61 Å². The number of hydrogen-bond donors (Lipinski definition) is 2. The van der Waals surface area contributed by atoms with Gasteiger partial charge >= 0.3 is 5.97 Å². The molecule has 3 heterocycles. The number of nitrogens with zero attached hydrogens (tertiary/aromatic N) is 4. The molecule has 0 unspecified atom stereocenters. The van der Waals surface area contributed by atoms with Crippen LogP contribution in [0.2, 0.25) is 0 Å². The zero-order chi connectivity index (χ0) is 20.3. The van der Waals surface area contributed by atoms with Crippen molar-refractivity contribution in [3.63, 3.8) is 0 Å². The lowest BCUT2D eigenvalue weighted by molar-refractivity contribution is -0.138. The Morgan fingerprint density at radius 2 is 2.18 bits per heavy atom. The number of allylic oxidation sites excluding steroid dienone is 5. The molecular formula is C20H24BrN5O2. The summed E-state index contributed by atoms with van der Waals surface area (Å²) in [5.41, 5.74) is 8.76. The average Bonchev–Trinajstić information content (AvgIpc) is 3.10. The number of carboxylic acid groups (broad SMARTS) is 1. The standard InChI is InChI=1S/C20H24BrN5O2/c1-3-5-6-14(4-2)15-12-23-26-18(22)17(21)20(24-19(15)26)25-9-7-13(8-10-25)11-16(27)28/h3-6,12-13H,2,7-11,22H2,1H3,(H,27,28)/b5-3-,14-6+. The third-order valence-corrected chi connectivity index (χ3v) is 5.74. The number of nitrogens with two attached hydrogens (primary N) is 1. The molecule has 0 radical (unpaired) electrons. The van der Waals surface area contributed by atoms with E-state index >= 15 is 0 Å². The average molecular weight is 446 g/mol. The van der Waals surface area contributed by atoms with Crippen LogP contribution in [-0.4, -0.2) is 38.8 Å². The van der Waals surface area contributed by atoms with Gasteiger partial charge in [0.25, 0.3) is 0 Å². The lowest BCUT2D eigenvalue weighted by atomic mass is 9.94. The zero-order valence-corrected chi connectivity index (χ0v) is 17.4. The molecule has 0 aromatic carbocycles. The molecule has 0 amide bonds. The normalized spacial score (nSPS) is 16.2. The number of nitrogen functional groups attached to an aromatic ring is 1. The molecule has 0 bridgehead atoms. The molecule has 1 aliphatic heterocycles. The molecule has 0 spiro atoms. The van der Waals surface area contributed by atoms with E-state index in [1.807, 2.05) is 25.2 Å². The molecule has 3 rings (SSSR count). The number of piperidine rings is 1. The lowest BCUT2D eigenvalue weighted by Gasteiger charge is -2.33. The van der Waals surface area contributed by atoms with Crippen LogP contribution in [0.1, 0.15) is 31.7 Å². The van der Waals surface area contributed by atoms with Gasteiger partial charge in [-0.1, -0.05) is 30.9 Å². The van der Waals surface area contributed by atoms with Crippen molar-refractivity contribution in [3.8, 4) is 0 Å². The van der Waals surface area contributed by atoms with E-state index in [1.165, 1.54) is 0 Å². The first-order chi connectivity index (χ1) is 13.5. The van der Waals surface area contributed by atoms with Crippen LogP contribution in [0.3, 0.4) is 0 Å². The summed E-state index contributed by atoms with van der Waals surface area (Å²) in [6.07, 6.45) is 11.2. The zero-order valence-electron chi connectivity index (χ0n) is 15.8. The van der Waals surface area contributed by atoms with Gasteiger partial charge < -0.3 is 15.7 Å². The first-order valence-corrected chi connectivity index (χ1v) is 10.0. The second-order valence-corrected chi connectivity index (χ2v) is 7.60. The lowest BCUT2D eigenvalue weighted by Crippen LogP contribution is -2.35. The third kappa shape index (κ3) is 3.96. The Bertz CT molecular complexity index is 955. The van der Waals surface area contributed by atoms with E-state index in [0.29, 0.717) is 15.9 Å². The van der Waals surface area contributed by atoms with Crippen molar-refractivity contribution in [2.24, 2.45) is 5.92 Å². The molecule has 1 fully saturated rings. The summed E-state index contributed by atoms with van der Waals surface area (Å²) < 4.78 is 2.32. The van der Waals surface area contributed by atoms with Crippen LogP contribution in [0, 0.1) is 5.92 Å². The van der Waals surface area contributed by atoms with E-state index in [-0.39, 0.29) is 12.3 Å². The minimum atomic E-state index is -0.739. The summed E-state index contributed by atoms with van der Waals surface area (Å²) in [7, 11) is 0. The van der Waals surface area contributed by atoms with Crippen LogP contribution in [0.5, 0.6) is 0 Å². The van der Waals surface area contributed by atoms with E-state index in [4.69, 9.17) is 15.8 Å². The second kappa shape index (κ2) is 8.60. The van der Waals surface area contributed by atoms with Gasteiger partial charge in [-0.05, 0) is 47.2 Å². The summed E-state index contributed by atoms with van der Waals surface area (Å²) in [6.45, 7) is 7.33. The fourth-order valence-electron chi connectivity index (χ4n) is 3.46. The first-order valence-electron chi connectivity index (χ1n) is 9.21. The minimum absolute atomic E-state index is 0.204. The number of carboxylic acids is 1. The number of rotatable bonds is 6. The molecule has 0 aliphatic carbocycles. The smallest absolute Gasteiger partial charge is 0.303 e. The van der Waals surface area contributed by atoms with Gasteiger partial charge in [-0.3, -0.25) is 4.79 Å². The molecule has 28 heavy (non-hydrogen) atoms. The SMILES string of the molecule is C=C/C(=C\C=C/C)c1cnn2c(N)c(Br)c(N3CCC(CC(=O)O)CC3)nc12. The van der Waals surface area contributed by atoms with E-state index in [2.05, 4.69) is 32.5 Å². The summed E-state index contributed by atoms with van der Waals surface area (Å²) in [5.74, 6) is 0.704. The van der Waals surface area contributed by atoms with Crippen LogP contribution < -0.4 is 10.6 Å². The molecule has 8 heteroatoms. The van der Waals surface area contributed by atoms with Crippen LogP contribution in [-0.2, 0) is 4.79 Å². The Morgan fingerprint density at radius 1 is 1.46 bits per heavy atom. The Hall–Kier alpha value is -2.61. The number of hydrogen-bond acceptors (Lipinski definition) is 5. The molecule has 148 valence electrons. The van der Waals surface area contributed by atoms with Gasteiger partial charge in [-0.25, -0.2) is 4.98 Å². The summed E-state index contributed by atoms with van der Waals surface area (Å²) in [5, 5.41) is 13.4. The number of aliphatic carboxylic acids is 1. The van der Waals surface area contributed by atoms with E-state index in [1.54, 1.807) is 16.8 Å². The number of carbonyl (C=O) groups is 1. The summed E-state index contributed by atoms with van der Waals surface area (Å²) >= 11 is 3.57. The molecule has 1 saturated heterocycles. The van der Waals surface area contributed by atoms with E-state index in [9.17, 15) is 4.79 Å². The topological polar surface area (TPSA) is 96.8 Å². The maximum Gasteiger partial charge on any atom is 0.303 e. The largest absolute Gasteiger partial charge is 0.481 e. The van der Waals surface area contributed by atoms with Gasteiger partial charge in [0.05, 0.1) is 6.20 Å². The fraction of sp³-hybridized carbons (Fsp3) is 0.350. The van der Waals surface area contributed by atoms with Crippen LogP contribution in [0.15, 0.2) is 41.6 Å². The van der Waals surface area contributed by atoms with Crippen LogP contribution in [0.4, 0.5) is 11.6 Å². The molecule has 3 N–H and O–H groups in total. The summed E-state index contributed by atoms with van der Waals surface area (Å²) in [4.78, 5) is 18.0. The number of fused-ring (bicyclic) bond motifs is 1. The Morgan fingerprint density at radius 3 is 2.79 bits per heavy atom. The third-order valence-electron chi connectivity index (χ3n) is 4.98. The Kier molecular flexibility index (Phi) is 6.18. The van der Waals surface area contributed by atoms with Gasteiger partial charge in [-0.15, -0.1) is 0 Å². The fourth-order valence-corrected chi connectivity index (χ4v) is 3.97. The van der Waals surface area contributed by atoms with Crippen molar-refractivity contribution in [1.29, 1.82) is 0 Å². The highest BCUT2D eigenvalue weighted by molar-refractivity contribution is 9.10. The Balaban J connectivity index is 1.98. The highest BCUT2D eigenvalue weighted by Gasteiger charge is 2.25. The molecule has 0 saturated carbocycles. The highest BCUT2D eigenvalue weighted by atomic mass is 79.9. The van der Waals surface area contributed by atoms with Crippen LogP contribution in [0.25, 0.3) is 11.2 Å². The molecular weight excluding hydrogens is 422 g/mol. The molecule has 0 atom stereocenters.